The molecule has 0 amide bonds. The minimum Gasteiger partial charge on any atom is -0.290 e. The van der Waals surface area contributed by atoms with Crippen molar-refractivity contribution >= 4 is 0 Å². The summed E-state index contributed by atoms with van der Waals surface area (Å²) in [4.78, 5) is 1.60. The standard InChI is InChI=1S/C7H14N/c1-5-6-8(4)7(2)3/h7H,5-6H2,1-3H3. The molecule has 1 heteroatoms. The van der Waals surface area contributed by atoms with Crippen molar-refractivity contribution in [2.45, 2.75) is 33.2 Å². The lowest BCUT2D eigenvalue weighted by molar-refractivity contribution is 0.306. The van der Waals surface area contributed by atoms with Crippen molar-refractivity contribution in [3.63, 3.8) is 0 Å². The second-order valence-electron chi connectivity index (χ2n) is 2.29. The predicted octanol–water partition coefficient (Wildman–Crippen LogP) is 1.65. The third-order valence-electron chi connectivity index (χ3n) is 1.09. The fourth-order valence-corrected chi connectivity index (χ4v) is 0.499. The average molecular weight is 112 g/mol. The molecule has 0 rings (SSSR count). The molecule has 0 heterocycles. The fraction of sp³-hybridized carbons (Fsp3) is 0.857. The van der Waals surface area contributed by atoms with Gasteiger partial charge in [-0.2, -0.15) is 0 Å². The van der Waals surface area contributed by atoms with Crippen LogP contribution < -0.4 is 0 Å². The Morgan fingerprint density at radius 1 is 1.50 bits per heavy atom. The summed E-state index contributed by atoms with van der Waals surface area (Å²) < 4.78 is 0. The van der Waals surface area contributed by atoms with Gasteiger partial charge in [-0.3, -0.25) is 4.90 Å². The van der Waals surface area contributed by atoms with Gasteiger partial charge >= 0.3 is 0 Å². The number of hydrogen-bond donors (Lipinski definition) is 0. The second kappa shape index (κ2) is 3.90. The highest BCUT2D eigenvalue weighted by Crippen LogP contribution is 1.94. The molecule has 0 fully saturated rings. The highest BCUT2D eigenvalue weighted by Gasteiger charge is 1.99. The van der Waals surface area contributed by atoms with Crippen LogP contribution in [0.3, 0.4) is 0 Å². The van der Waals surface area contributed by atoms with E-state index in [0.29, 0.717) is 6.04 Å². The molecule has 0 aliphatic rings. The number of hydrogen-bond acceptors (Lipinski definition) is 1. The first kappa shape index (κ1) is 7.96. The van der Waals surface area contributed by atoms with Crippen LogP contribution in [-0.2, 0) is 0 Å². The van der Waals surface area contributed by atoms with E-state index in [9.17, 15) is 0 Å². The summed E-state index contributed by atoms with van der Waals surface area (Å²) in [5.41, 5.74) is 0. The average Bonchev–Trinajstić information content (AvgIpc) is 1.67. The molecule has 8 heavy (non-hydrogen) atoms. The van der Waals surface area contributed by atoms with Crippen molar-refractivity contribution in [1.82, 2.24) is 4.90 Å². The van der Waals surface area contributed by atoms with Crippen LogP contribution in [0.5, 0.6) is 0 Å². The SMILES string of the molecule is [C]N(CCC)C(C)C. The van der Waals surface area contributed by atoms with E-state index in [1.165, 1.54) is 0 Å². The molecule has 1 nitrogen and oxygen atoms in total. The van der Waals surface area contributed by atoms with E-state index in [-0.39, 0.29) is 0 Å². The van der Waals surface area contributed by atoms with Crippen LogP contribution in [0.2, 0.25) is 0 Å². The summed E-state index contributed by atoms with van der Waals surface area (Å²) in [6, 6.07) is 0.370. The lowest BCUT2D eigenvalue weighted by Gasteiger charge is -2.17. The van der Waals surface area contributed by atoms with E-state index in [1.807, 2.05) is 13.8 Å². The van der Waals surface area contributed by atoms with Crippen LogP contribution in [0.15, 0.2) is 0 Å². The van der Waals surface area contributed by atoms with Gasteiger partial charge in [0.15, 0.2) is 0 Å². The lowest BCUT2D eigenvalue weighted by atomic mass is 10.3. The molecule has 0 aliphatic heterocycles. The van der Waals surface area contributed by atoms with Crippen molar-refractivity contribution in [2.24, 2.45) is 0 Å². The maximum Gasteiger partial charge on any atom is 0.0885 e. The van der Waals surface area contributed by atoms with Crippen LogP contribution in [-0.4, -0.2) is 17.5 Å². The van der Waals surface area contributed by atoms with Gasteiger partial charge in [0.05, 0.1) is 7.05 Å². The predicted molar refractivity (Wildman–Crippen MR) is 35.4 cm³/mol. The van der Waals surface area contributed by atoms with E-state index in [2.05, 4.69) is 6.92 Å². The van der Waals surface area contributed by atoms with Gasteiger partial charge in [-0.1, -0.05) is 6.92 Å². The number of nitrogens with zero attached hydrogens (tertiary/aromatic N) is 1. The van der Waals surface area contributed by atoms with Crippen LogP contribution in [0.4, 0.5) is 0 Å². The Balaban J connectivity index is 3.17. The van der Waals surface area contributed by atoms with Crippen LogP contribution in [0.1, 0.15) is 27.2 Å². The number of rotatable bonds is 3. The molecule has 47 valence electrons. The molecule has 0 aliphatic carbocycles. The van der Waals surface area contributed by atoms with Crippen LogP contribution >= 0.6 is 0 Å². The van der Waals surface area contributed by atoms with Gasteiger partial charge in [0.2, 0.25) is 0 Å². The van der Waals surface area contributed by atoms with E-state index in [4.69, 9.17) is 7.05 Å². The van der Waals surface area contributed by atoms with E-state index in [0.717, 1.165) is 13.0 Å². The summed E-state index contributed by atoms with van der Waals surface area (Å²) in [5, 5.41) is 0. The van der Waals surface area contributed by atoms with Gasteiger partial charge < -0.3 is 0 Å². The van der Waals surface area contributed by atoms with Gasteiger partial charge in [-0.25, -0.2) is 0 Å². The lowest BCUT2D eigenvalue weighted by Crippen LogP contribution is -2.24. The Labute approximate surface area is 52.7 Å². The molecular formula is C7H14N. The van der Waals surface area contributed by atoms with Gasteiger partial charge in [0.1, 0.15) is 0 Å². The fourth-order valence-electron chi connectivity index (χ4n) is 0.499. The zero-order valence-electron chi connectivity index (χ0n) is 5.94. The van der Waals surface area contributed by atoms with Gasteiger partial charge in [0.25, 0.3) is 0 Å². The molecule has 0 aromatic heterocycles. The highest BCUT2D eigenvalue weighted by atomic mass is 15.1. The minimum absolute atomic E-state index is 0.370. The molecule has 0 saturated heterocycles. The summed E-state index contributed by atoms with van der Waals surface area (Å²) in [6.07, 6.45) is 1.07. The first-order valence-electron chi connectivity index (χ1n) is 3.16. The monoisotopic (exact) mass is 112 g/mol. The van der Waals surface area contributed by atoms with Gasteiger partial charge in [-0.05, 0) is 26.8 Å². The molecule has 0 saturated carbocycles. The van der Waals surface area contributed by atoms with Crippen molar-refractivity contribution < 1.29 is 0 Å². The Kier molecular flexibility index (Phi) is 3.88. The molecule has 0 atom stereocenters. The minimum atomic E-state index is 0.370. The molecule has 0 N–H and O–H groups in total. The molecule has 0 spiro atoms. The van der Waals surface area contributed by atoms with Crippen LogP contribution in [0, 0.1) is 7.05 Å². The third kappa shape index (κ3) is 3.03. The first-order valence-corrected chi connectivity index (χ1v) is 3.16. The second-order valence-corrected chi connectivity index (χ2v) is 2.29. The van der Waals surface area contributed by atoms with Crippen molar-refractivity contribution in [3.05, 3.63) is 7.05 Å². The smallest absolute Gasteiger partial charge is 0.0885 e. The molecule has 0 aromatic carbocycles. The van der Waals surface area contributed by atoms with Crippen molar-refractivity contribution in [3.8, 4) is 0 Å². The molecular weight excluding hydrogens is 98.1 g/mol. The van der Waals surface area contributed by atoms with E-state index >= 15 is 0 Å². The quantitative estimate of drug-likeness (QED) is 0.536. The Bertz CT molecular complexity index is 50.3. The van der Waals surface area contributed by atoms with E-state index in [1.54, 1.807) is 4.90 Å². The van der Waals surface area contributed by atoms with Gasteiger partial charge in [-0.15, -0.1) is 0 Å². The Hall–Kier alpha value is -0.0400. The van der Waals surface area contributed by atoms with Crippen LogP contribution in [0.25, 0.3) is 0 Å². The maximum absolute atomic E-state index is 7.26. The molecule has 0 aromatic rings. The third-order valence-corrected chi connectivity index (χ3v) is 1.09. The zero-order valence-corrected chi connectivity index (χ0v) is 5.94. The topological polar surface area (TPSA) is 3.24 Å². The molecule has 0 bridgehead atoms. The van der Waals surface area contributed by atoms with Gasteiger partial charge in [0, 0.05) is 6.04 Å². The zero-order chi connectivity index (χ0) is 6.57. The summed E-state index contributed by atoms with van der Waals surface area (Å²) in [7, 11) is 7.26. The van der Waals surface area contributed by atoms with E-state index < -0.39 is 0 Å². The summed E-state index contributed by atoms with van der Waals surface area (Å²) >= 11 is 0. The molecule has 0 unspecified atom stereocenters. The Morgan fingerprint density at radius 3 is 2.12 bits per heavy atom. The maximum atomic E-state index is 7.26. The first-order chi connectivity index (χ1) is 3.68. The highest BCUT2D eigenvalue weighted by molar-refractivity contribution is 4.58. The molecule has 3 radical (unpaired) electrons. The Morgan fingerprint density at radius 2 is 2.00 bits per heavy atom. The van der Waals surface area contributed by atoms with Crippen molar-refractivity contribution in [2.75, 3.05) is 6.54 Å². The summed E-state index contributed by atoms with van der Waals surface area (Å²) in [5.74, 6) is 0. The van der Waals surface area contributed by atoms with Crippen molar-refractivity contribution in [1.29, 1.82) is 0 Å². The largest absolute Gasteiger partial charge is 0.290 e. The normalized spacial score (nSPS) is 11.2. The summed E-state index contributed by atoms with van der Waals surface area (Å²) in [6.45, 7) is 7.03.